The molecule has 5 rings (SSSR count). The Hall–Kier alpha value is -4.23. The number of non-ortho nitro benzene ring substituents is 1. The molecule has 0 N–H and O–H groups in total. The number of carbonyl (C=O) groups excluding carboxylic acids is 2. The van der Waals surface area contributed by atoms with Gasteiger partial charge in [0.05, 0.1) is 23.6 Å². The van der Waals surface area contributed by atoms with E-state index in [1.54, 1.807) is 11.0 Å². The van der Waals surface area contributed by atoms with Gasteiger partial charge in [0, 0.05) is 42.5 Å². The van der Waals surface area contributed by atoms with Crippen molar-refractivity contribution in [1.82, 2.24) is 4.90 Å². The highest BCUT2D eigenvalue weighted by atomic mass is 16.6. The van der Waals surface area contributed by atoms with Crippen molar-refractivity contribution in [2.45, 2.75) is 38.0 Å². The van der Waals surface area contributed by atoms with Crippen LogP contribution in [0.2, 0.25) is 0 Å². The number of para-hydroxylation sites is 1. The SMILES string of the molecule is CC(=O)OC(CN1CCCC1)CN1c2ccccc2C2C1C=C(C#N)C(=O)N2c1ccc([N+](=O)[O-])cc1. The zero-order valence-corrected chi connectivity index (χ0v) is 20.4. The molecule has 3 atom stereocenters. The first-order valence-corrected chi connectivity index (χ1v) is 12.3. The minimum Gasteiger partial charge on any atom is -0.459 e. The van der Waals surface area contributed by atoms with E-state index in [-0.39, 0.29) is 23.3 Å². The Bertz CT molecular complexity index is 1300. The summed E-state index contributed by atoms with van der Waals surface area (Å²) in [5.74, 6) is -0.810. The number of hydrogen-bond donors (Lipinski definition) is 0. The molecule has 2 aromatic rings. The zero-order valence-electron chi connectivity index (χ0n) is 20.4. The van der Waals surface area contributed by atoms with Crippen molar-refractivity contribution in [3.63, 3.8) is 0 Å². The Labute approximate surface area is 214 Å². The summed E-state index contributed by atoms with van der Waals surface area (Å²) < 4.78 is 5.74. The Morgan fingerprint density at radius 1 is 1.16 bits per heavy atom. The quantitative estimate of drug-likeness (QED) is 0.322. The molecule has 1 fully saturated rings. The highest BCUT2D eigenvalue weighted by molar-refractivity contribution is 6.10. The van der Waals surface area contributed by atoms with Gasteiger partial charge < -0.3 is 9.64 Å². The number of anilines is 2. The summed E-state index contributed by atoms with van der Waals surface area (Å²) in [5, 5.41) is 21.0. The fourth-order valence-corrected chi connectivity index (χ4v) is 5.64. The van der Waals surface area contributed by atoms with E-state index in [1.165, 1.54) is 31.2 Å². The lowest BCUT2D eigenvalue weighted by molar-refractivity contribution is -0.384. The summed E-state index contributed by atoms with van der Waals surface area (Å²) in [6.07, 6.45) is 3.52. The van der Waals surface area contributed by atoms with Crippen LogP contribution >= 0.6 is 0 Å². The third-order valence-corrected chi connectivity index (χ3v) is 7.17. The Morgan fingerprint density at radius 2 is 1.86 bits per heavy atom. The van der Waals surface area contributed by atoms with E-state index in [0.717, 1.165) is 37.2 Å². The lowest BCUT2D eigenvalue weighted by Crippen LogP contribution is -2.50. The maximum absolute atomic E-state index is 13.4. The molecule has 3 unspecified atom stereocenters. The monoisotopic (exact) mass is 501 g/mol. The number of ether oxygens (including phenoxy) is 1. The van der Waals surface area contributed by atoms with Crippen LogP contribution in [0.15, 0.2) is 60.2 Å². The normalized spacial score (nSPS) is 21.6. The molecule has 0 saturated carbocycles. The molecule has 0 spiro atoms. The van der Waals surface area contributed by atoms with E-state index in [1.807, 2.05) is 30.3 Å². The van der Waals surface area contributed by atoms with Crippen molar-refractivity contribution >= 4 is 28.9 Å². The standard InChI is InChI=1S/C27H27N5O5/c1-18(33)37-22(16-29-12-4-5-13-29)17-30-24-7-3-2-6-23(24)26-25(30)14-19(15-28)27(34)31(26)20-8-10-21(11-9-20)32(35)36/h2-3,6-11,14,22,25-26H,4-5,12-13,16-17H2,1H3. The lowest BCUT2D eigenvalue weighted by Gasteiger charge is -2.39. The van der Waals surface area contributed by atoms with Gasteiger partial charge in [-0.25, -0.2) is 0 Å². The van der Waals surface area contributed by atoms with Crippen LogP contribution in [0.5, 0.6) is 0 Å². The van der Waals surface area contributed by atoms with Gasteiger partial charge >= 0.3 is 5.97 Å². The molecule has 10 nitrogen and oxygen atoms in total. The van der Waals surface area contributed by atoms with Crippen LogP contribution in [0.3, 0.4) is 0 Å². The number of benzene rings is 2. The average Bonchev–Trinajstić information content (AvgIpc) is 3.50. The maximum atomic E-state index is 13.4. The highest BCUT2D eigenvalue weighted by Crippen LogP contribution is 2.48. The largest absolute Gasteiger partial charge is 0.459 e. The third-order valence-electron chi connectivity index (χ3n) is 7.17. The number of fused-ring (bicyclic) bond motifs is 3. The Kier molecular flexibility index (Phi) is 6.63. The van der Waals surface area contributed by atoms with Crippen molar-refractivity contribution in [2.75, 3.05) is 36.0 Å². The van der Waals surface area contributed by atoms with Gasteiger partial charge in [-0.1, -0.05) is 18.2 Å². The van der Waals surface area contributed by atoms with Crippen LogP contribution in [0, 0.1) is 21.4 Å². The second-order valence-electron chi connectivity index (χ2n) is 9.53. The summed E-state index contributed by atoms with van der Waals surface area (Å²) in [6.45, 7) is 4.32. The van der Waals surface area contributed by atoms with Crippen LogP contribution in [0.25, 0.3) is 0 Å². The molecule has 10 heteroatoms. The van der Waals surface area contributed by atoms with Gasteiger partial charge in [-0.3, -0.25) is 29.5 Å². The van der Waals surface area contributed by atoms with Gasteiger partial charge in [0.2, 0.25) is 0 Å². The number of carbonyl (C=O) groups is 2. The minimum absolute atomic E-state index is 0.000915. The van der Waals surface area contributed by atoms with Crippen molar-refractivity contribution in [1.29, 1.82) is 5.26 Å². The number of nitriles is 1. The summed E-state index contributed by atoms with van der Waals surface area (Å²) >= 11 is 0. The van der Waals surface area contributed by atoms with E-state index in [4.69, 9.17) is 4.74 Å². The summed E-state index contributed by atoms with van der Waals surface area (Å²) in [7, 11) is 0. The lowest BCUT2D eigenvalue weighted by atomic mass is 9.93. The molecule has 0 aromatic heterocycles. The topological polar surface area (TPSA) is 120 Å². The summed E-state index contributed by atoms with van der Waals surface area (Å²) in [4.78, 5) is 42.0. The molecule has 0 aliphatic carbocycles. The predicted molar refractivity (Wildman–Crippen MR) is 136 cm³/mol. The number of likely N-dealkylation sites (tertiary alicyclic amines) is 1. The molecule has 3 heterocycles. The first-order valence-electron chi connectivity index (χ1n) is 12.3. The molecule has 1 amide bonds. The number of amides is 1. The smallest absolute Gasteiger partial charge is 0.303 e. The van der Waals surface area contributed by atoms with Gasteiger partial charge in [-0.2, -0.15) is 5.26 Å². The summed E-state index contributed by atoms with van der Waals surface area (Å²) in [6, 6.07) is 14.7. The molecular formula is C27H27N5O5. The molecule has 0 radical (unpaired) electrons. The zero-order chi connectivity index (χ0) is 26.1. The van der Waals surface area contributed by atoms with Gasteiger partial charge in [-0.05, 0) is 50.2 Å². The second-order valence-corrected chi connectivity index (χ2v) is 9.53. The van der Waals surface area contributed by atoms with Crippen LogP contribution in [0.4, 0.5) is 17.1 Å². The number of nitro groups is 1. The fourth-order valence-electron chi connectivity index (χ4n) is 5.64. The van der Waals surface area contributed by atoms with Gasteiger partial charge in [-0.15, -0.1) is 0 Å². The van der Waals surface area contributed by atoms with Crippen LogP contribution in [-0.2, 0) is 14.3 Å². The second kappa shape index (κ2) is 10.0. The number of nitrogens with zero attached hydrogens (tertiary/aromatic N) is 5. The highest BCUT2D eigenvalue weighted by Gasteiger charge is 2.47. The number of rotatable bonds is 7. The molecule has 3 aliphatic rings. The van der Waals surface area contributed by atoms with Gasteiger partial charge in [0.25, 0.3) is 11.6 Å². The number of hydrogen-bond acceptors (Lipinski definition) is 8. The molecule has 2 aromatic carbocycles. The van der Waals surface area contributed by atoms with Crippen molar-refractivity contribution in [3.05, 3.63) is 75.9 Å². The Morgan fingerprint density at radius 3 is 2.51 bits per heavy atom. The Balaban J connectivity index is 1.54. The number of nitro benzene ring substituents is 1. The third kappa shape index (κ3) is 4.66. The van der Waals surface area contributed by atoms with Crippen molar-refractivity contribution in [2.24, 2.45) is 0 Å². The molecule has 37 heavy (non-hydrogen) atoms. The fraction of sp³-hybridized carbons (Fsp3) is 0.370. The van der Waals surface area contributed by atoms with Crippen LogP contribution in [-0.4, -0.2) is 60.0 Å². The van der Waals surface area contributed by atoms with Crippen molar-refractivity contribution < 1.29 is 19.2 Å². The summed E-state index contributed by atoms with van der Waals surface area (Å²) in [5.41, 5.74) is 2.18. The molecule has 0 bridgehead atoms. The molecule has 190 valence electrons. The van der Waals surface area contributed by atoms with Gasteiger partial charge in [0.15, 0.2) is 0 Å². The predicted octanol–water partition coefficient (Wildman–Crippen LogP) is 3.35. The van der Waals surface area contributed by atoms with E-state index < -0.39 is 23.0 Å². The van der Waals surface area contributed by atoms with E-state index in [0.29, 0.717) is 18.8 Å². The molecule has 3 aliphatic heterocycles. The molecule has 1 saturated heterocycles. The van der Waals surface area contributed by atoms with Crippen molar-refractivity contribution in [3.8, 4) is 6.07 Å². The minimum atomic E-state index is -0.493. The van der Waals surface area contributed by atoms with E-state index >= 15 is 0 Å². The average molecular weight is 502 g/mol. The first kappa shape index (κ1) is 24.5. The van der Waals surface area contributed by atoms with Crippen LogP contribution < -0.4 is 9.80 Å². The van der Waals surface area contributed by atoms with E-state index in [2.05, 4.69) is 9.80 Å². The van der Waals surface area contributed by atoms with Crippen LogP contribution in [0.1, 0.15) is 31.4 Å². The van der Waals surface area contributed by atoms with E-state index in [9.17, 15) is 25.0 Å². The maximum Gasteiger partial charge on any atom is 0.303 e. The van der Waals surface area contributed by atoms with Gasteiger partial charge in [0.1, 0.15) is 17.7 Å². The first-order chi connectivity index (χ1) is 17.9. The number of esters is 1. The molecular weight excluding hydrogens is 474 g/mol.